The number of ether oxygens (including phenoxy) is 1. The fraction of sp³-hybridized carbons (Fsp3) is 0.261. The predicted octanol–water partition coefficient (Wildman–Crippen LogP) is 4.94. The smallest absolute Gasteiger partial charge is 0.264 e. The molecule has 1 amide bonds. The molecule has 0 aliphatic carbocycles. The third kappa shape index (κ3) is 5.38. The SMILES string of the molecule is O=C(c1cc(COc2ccc(Cl)cc2)cs1)N1CCN(Cc2ccccc2)CC1. The largest absolute Gasteiger partial charge is 0.489 e. The number of piperazine rings is 1. The van der Waals surface area contributed by atoms with Crippen molar-refractivity contribution in [1.82, 2.24) is 9.80 Å². The molecule has 29 heavy (non-hydrogen) atoms. The van der Waals surface area contributed by atoms with Gasteiger partial charge in [0, 0.05) is 43.3 Å². The van der Waals surface area contributed by atoms with Gasteiger partial charge in [-0.15, -0.1) is 11.3 Å². The fourth-order valence-corrected chi connectivity index (χ4v) is 4.36. The quantitative estimate of drug-likeness (QED) is 0.559. The molecule has 1 aromatic heterocycles. The standard InChI is InChI=1S/C23H23ClN2O2S/c24-20-6-8-21(9-7-20)28-16-19-14-22(29-17-19)23(27)26-12-10-25(11-13-26)15-18-4-2-1-3-5-18/h1-9,14,17H,10-13,15-16H2. The molecule has 1 aliphatic heterocycles. The van der Waals surface area contributed by atoms with Crippen molar-refractivity contribution in [2.75, 3.05) is 26.2 Å². The van der Waals surface area contributed by atoms with E-state index in [0.717, 1.165) is 48.9 Å². The monoisotopic (exact) mass is 426 g/mol. The number of hydrogen-bond donors (Lipinski definition) is 0. The molecule has 1 fully saturated rings. The number of benzene rings is 2. The van der Waals surface area contributed by atoms with Gasteiger partial charge in [-0.3, -0.25) is 9.69 Å². The van der Waals surface area contributed by atoms with Crippen LogP contribution in [0.2, 0.25) is 5.02 Å². The average molecular weight is 427 g/mol. The highest BCUT2D eigenvalue weighted by Gasteiger charge is 2.23. The Bertz CT molecular complexity index is 935. The van der Waals surface area contributed by atoms with Gasteiger partial charge in [-0.1, -0.05) is 41.9 Å². The molecule has 3 aromatic rings. The Morgan fingerprint density at radius 1 is 0.966 bits per heavy atom. The minimum absolute atomic E-state index is 0.118. The number of thiophene rings is 1. The zero-order valence-corrected chi connectivity index (χ0v) is 17.7. The first-order valence-corrected chi connectivity index (χ1v) is 10.9. The van der Waals surface area contributed by atoms with Crippen molar-refractivity contribution in [3.8, 4) is 5.75 Å². The Morgan fingerprint density at radius 2 is 1.69 bits per heavy atom. The summed E-state index contributed by atoms with van der Waals surface area (Å²) < 4.78 is 5.77. The van der Waals surface area contributed by atoms with Crippen LogP contribution in [0.4, 0.5) is 0 Å². The van der Waals surface area contributed by atoms with Crippen LogP contribution in [0.3, 0.4) is 0 Å². The zero-order chi connectivity index (χ0) is 20.1. The maximum atomic E-state index is 12.9. The van der Waals surface area contributed by atoms with Gasteiger partial charge in [0.15, 0.2) is 0 Å². The van der Waals surface area contributed by atoms with Crippen LogP contribution in [0.25, 0.3) is 0 Å². The number of halogens is 1. The molecule has 0 N–H and O–H groups in total. The van der Waals surface area contributed by atoms with Crippen molar-refractivity contribution < 1.29 is 9.53 Å². The Balaban J connectivity index is 1.27. The van der Waals surface area contributed by atoms with E-state index in [4.69, 9.17) is 16.3 Å². The number of amides is 1. The van der Waals surface area contributed by atoms with E-state index in [1.165, 1.54) is 16.9 Å². The first-order valence-electron chi connectivity index (χ1n) is 9.69. The van der Waals surface area contributed by atoms with Gasteiger partial charge in [0.2, 0.25) is 0 Å². The van der Waals surface area contributed by atoms with Gasteiger partial charge in [0.1, 0.15) is 12.4 Å². The summed E-state index contributed by atoms with van der Waals surface area (Å²) in [6.45, 7) is 4.71. The molecule has 1 aliphatic rings. The second-order valence-electron chi connectivity index (χ2n) is 7.12. The van der Waals surface area contributed by atoms with Crippen molar-refractivity contribution in [3.63, 3.8) is 0 Å². The lowest BCUT2D eigenvalue weighted by atomic mass is 10.2. The van der Waals surface area contributed by atoms with Gasteiger partial charge in [-0.25, -0.2) is 0 Å². The van der Waals surface area contributed by atoms with E-state index in [1.807, 2.05) is 34.5 Å². The number of rotatable bonds is 6. The van der Waals surface area contributed by atoms with Crippen LogP contribution in [0, 0.1) is 0 Å². The number of hydrogen-bond acceptors (Lipinski definition) is 4. The molecule has 2 aromatic carbocycles. The topological polar surface area (TPSA) is 32.8 Å². The molecule has 2 heterocycles. The number of carbonyl (C=O) groups is 1. The molecular formula is C23H23ClN2O2S. The lowest BCUT2D eigenvalue weighted by Gasteiger charge is -2.34. The van der Waals surface area contributed by atoms with Gasteiger partial charge in [-0.2, -0.15) is 0 Å². The fourth-order valence-electron chi connectivity index (χ4n) is 3.37. The number of nitrogens with zero attached hydrogens (tertiary/aromatic N) is 2. The van der Waals surface area contributed by atoms with Crippen molar-refractivity contribution in [2.24, 2.45) is 0 Å². The second-order valence-corrected chi connectivity index (χ2v) is 8.46. The van der Waals surface area contributed by atoms with Crippen LogP contribution in [-0.4, -0.2) is 41.9 Å². The molecular weight excluding hydrogens is 404 g/mol. The third-order valence-electron chi connectivity index (χ3n) is 4.99. The van der Waals surface area contributed by atoms with Crippen molar-refractivity contribution in [2.45, 2.75) is 13.2 Å². The highest BCUT2D eigenvalue weighted by atomic mass is 35.5. The summed E-state index contributed by atoms with van der Waals surface area (Å²) in [6, 6.07) is 19.7. The summed E-state index contributed by atoms with van der Waals surface area (Å²) in [5.74, 6) is 0.884. The van der Waals surface area contributed by atoms with Gasteiger partial charge in [-0.05, 0) is 41.3 Å². The van der Waals surface area contributed by atoms with Gasteiger partial charge < -0.3 is 9.64 Å². The summed E-state index contributed by atoms with van der Waals surface area (Å²) in [5.41, 5.74) is 2.33. The van der Waals surface area contributed by atoms with Crippen LogP contribution in [0.1, 0.15) is 20.8 Å². The molecule has 0 atom stereocenters. The Labute approximate surface area is 180 Å². The molecule has 0 radical (unpaired) electrons. The molecule has 4 nitrogen and oxygen atoms in total. The molecule has 4 rings (SSSR count). The first kappa shape index (κ1) is 20.0. The van der Waals surface area contributed by atoms with E-state index in [1.54, 1.807) is 12.1 Å². The Kier molecular flexibility index (Phi) is 6.49. The van der Waals surface area contributed by atoms with Crippen LogP contribution >= 0.6 is 22.9 Å². The zero-order valence-electron chi connectivity index (χ0n) is 16.1. The Hall–Kier alpha value is -2.34. The summed E-state index contributed by atoms with van der Waals surface area (Å²) >= 11 is 7.38. The van der Waals surface area contributed by atoms with Crippen LogP contribution < -0.4 is 4.74 Å². The Morgan fingerprint density at radius 3 is 2.41 bits per heavy atom. The van der Waals surface area contributed by atoms with Crippen LogP contribution in [0.15, 0.2) is 66.0 Å². The summed E-state index contributed by atoms with van der Waals surface area (Å²) in [5, 5.41) is 2.68. The molecule has 0 bridgehead atoms. The lowest BCUT2D eigenvalue weighted by Crippen LogP contribution is -2.48. The first-order chi connectivity index (χ1) is 14.2. The van der Waals surface area contributed by atoms with E-state index >= 15 is 0 Å². The van der Waals surface area contributed by atoms with E-state index < -0.39 is 0 Å². The number of carbonyl (C=O) groups excluding carboxylic acids is 1. The van der Waals surface area contributed by atoms with Crippen molar-refractivity contribution in [1.29, 1.82) is 0 Å². The molecule has 0 unspecified atom stereocenters. The predicted molar refractivity (Wildman–Crippen MR) is 118 cm³/mol. The third-order valence-corrected chi connectivity index (χ3v) is 6.21. The molecule has 150 valence electrons. The minimum Gasteiger partial charge on any atom is -0.489 e. The van der Waals surface area contributed by atoms with Gasteiger partial charge in [0.25, 0.3) is 5.91 Å². The van der Waals surface area contributed by atoms with E-state index in [-0.39, 0.29) is 5.91 Å². The molecule has 0 saturated carbocycles. The van der Waals surface area contributed by atoms with E-state index in [0.29, 0.717) is 11.6 Å². The van der Waals surface area contributed by atoms with Gasteiger partial charge in [0.05, 0.1) is 4.88 Å². The van der Waals surface area contributed by atoms with E-state index in [2.05, 4.69) is 29.2 Å². The molecule has 1 saturated heterocycles. The lowest BCUT2D eigenvalue weighted by molar-refractivity contribution is 0.0633. The van der Waals surface area contributed by atoms with Crippen LogP contribution in [0.5, 0.6) is 5.75 Å². The summed E-state index contributed by atoms with van der Waals surface area (Å²) in [4.78, 5) is 18.0. The highest BCUT2D eigenvalue weighted by molar-refractivity contribution is 7.12. The normalized spacial score (nSPS) is 14.7. The maximum Gasteiger partial charge on any atom is 0.264 e. The average Bonchev–Trinajstić information content (AvgIpc) is 3.23. The summed E-state index contributed by atoms with van der Waals surface area (Å²) in [6.07, 6.45) is 0. The van der Waals surface area contributed by atoms with Crippen molar-refractivity contribution >= 4 is 28.8 Å². The molecule has 0 spiro atoms. The minimum atomic E-state index is 0.118. The summed E-state index contributed by atoms with van der Waals surface area (Å²) in [7, 11) is 0. The van der Waals surface area contributed by atoms with Crippen molar-refractivity contribution in [3.05, 3.63) is 87.1 Å². The van der Waals surface area contributed by atoms with Crippen LogP contribution in [-0.2, 0) is 13.2 Å². The maximum absolute atomic E-state index is 12.9. The second kappa shape index (κ2) is 9.44. The molecule has 6 heteroatoms. The highest BCUT2D eigenvalue weighted by Crippen LogP contribution is 2.21. The van der Waals surface area contributed by atoms with E-state index in [9.17, 15) is 4.79 Å². The van der Waals surface area contributed by atoms with Gasteiger partial charge >= 0.3 is 0 Å².